The number of aromatic nitrogens is 3. The van der Waals surface area contributed by atoms with Crippen molar-refractivity contribution in [2.24, 2.45) is 0 Å². The van der Waals surface area contributed by atoms with E-state index in [-0.39, 0.29) is 0 Å². The summed E-state index contributed by atoms with van der Waals surface area (Å²) in [6.45, 7) is 0. The number of hydrogen-bond acceptors (Lipinski definition) is 2. The minimum Gasteiger partial charge on any atom is -0.213 e. The summed E-state index contributed by atoms with van der Waals surface area (Å²) in [7, 11) is 0. The van der Waals surface area contributed by atoms with Gasteiger partial charge in [0.05, 0.1) is 22.6 Å². The van der Waals surface area contributed by atoms with Crippen LogP contribution in [0, 0.1) is 0 Å². The van der Waals surface area contributed by atoms with Gasteiger partial charge in [-0.3, -0.25) is 0 Å². The number of rotatable bonds is 2. The summed E-state index contributed by atoms with van der Waals surface area (Å²) in [5.74, 6) is 0. The maximum Gasteiger partial charge on any atom is 0.0959 e. The molecule has 0 fully saturated rings. The van der Waals surface area contributed by atoms with Crippen LogP contribution >= 0.6 is 23.2 Å². The van der Waals surface area contributed by atoms with Crippen molar-refractivity contribution >= 4 is 23.2 Å². The van der Waals surface area contributed by atoms with Gasteiger partial charge in [0, 0.05) is 10.6 Å². The van der Waals surface area contributed by atoms with Crippen LogP contribution in [0.25, 0.3) is 16.9 Å². The molecule has 0 atom stereocenters. The minimum absolute atomic E-state index is 0.576. The van der Waals surface area contributed by atoms with Crippen LogP contribution < -0.4 is 0 Å². The van der Waals surface area contributed by atoms with Crippen molar-refractivity contribution in [3.8, 4) is 16.9 Å². The van der Waals surface area contributed by atoms with Gasteiger partial charge in [-0.25, -0.2) is 4.68 Å². The third-order valence-electron chi connectivity index (χ3n) is 2.76. The maximum atomic E-state index is 6.23. The Hall–Kier alpha value is -1.84. The smallest absolute Gasteiger partial charge is 0.0959 e. The summed E-state index contributed by atoms with van der Waals surface area (Å²) in [6, 6.07) is 15.1. The second-order valence-corrected chi connectivity index (χ2v) is 4.83. The second kappa shape index (κ2) is 5.03. The SMILES string of the molecule is Clc1ccc(-c2cnnn2-c2ccccc2)c(Cl)c1. The normalized spacial score (nSPS) is 10.6. The van der Waals surface area contributed by atoms with Crippen molar-refractivity contribution < 1.29 is 0 Å². The van der Waals surface area contributed by atoms with E-state index in [1.807, 2.05) is 36.4 Å². The lowest BCUT2D eigenvalue weighted by Gasteiger charge is -2.07. The number of para-hydroxylation sites is 1. The van der Waals surface area contributed by atoms with Crippen LogP contribution in [0.4, 0.5) is 0 Å². The fourth-order valence-corrected chi connectivity index (χ4v) is 2.38. The highest BCUT2D eigenvalue weighted by Crippen LogP contribution is 2.30. The Morgan fingerprint density at radius 2 is 1.74 bits per heavy atom. The van der Waals surface area contributed by atoms with Crippen LogP contribution in [0.1, 0.15) is 0 Å². The van der Waals surface area contributed by atoms with Crippen molar-refractivity contribution in [1.29, 1.82) is 0 Å². The predicted molar refractivity (Wildman–Crippen MR) is 76.8 cm³/mol. The minimum atomic E-state index is 0.576. The van der Waals surface area contributed by atoms with Crippen molar-refractivity contribution in [3.05, 3.63) is 64.8 Å². The maximum absolute atomic E-state index is 6.23. The van der Waals surface area contributed by atoms with E-state index in [1.165, 1.54) is 0 Å². The van der Waals surface area contributed by atoms with Crippen molar-refractivity contribution in [2.75, 3.05) is 0 Å². The average Bonchev–Trinajstić information content (AvgIpc) is 2.89. The van der Waals surface area contributed by atoms with Crippen molar-refractivity contribution in [1.82, 2.24) is 15.0 Å². The van der Waals surface area contributed by atoms with Gasteiger partial charge < -0.3 is 0 Å². The molecule has 0 saturated carbocycles. The highest BCUT2D eigenvalue weighted by Gasteiger charge is 2.11. The summed E-state index contributed by atoms with van der Waals surface area (Å²) < 4.78 is 1.75. The fourth-order valence-electron chi connectivity index (χ4n) is 1.88. The zero-order valence-corrected chi connectivity index (χ0v) is 11.3. The molecule has 3 nitrogen and oxygen atoms in total. The molecule has 0 aliphatic heterocycles. The van der Waals surface area contributed by atoms with Crippen LogP contribution in [-0.4, -0.2) is 15.0 Å². The molecule has 5 heteroatoms. The van der Waals surface area contributed by atoms with Gasteiger partial charge in [-0.1, -0.05) is 46.6 Å². The molecule has 0 saturated heterocycles. The van der Waals surface area contributed by atoms with Crippen LogP contribution in [0.2, 0.25) is 10.0 Å². The van der Waals surface area contributed by atoms with Gasteiger partial charge in [-0.15, -0.1) is 5.10 Å². The third kappa shape index (κ3) is 2.35. The van der Waals surface area contributed by atoms with Gasteiger partial charge in [-0.05, 0) is 30.3 Å². The Morgan fingerprint density at radius 3 is 2.47 bits per heavy atom. The number of benzene rings is 2. The van der Waals surface area contributed by atoms with Crippen LogP contribution in [0.15, 0.2) is 54.7 Å². The summed E-state index contributed by atoms with van der Waals surface area (Å²) in [6.07, 6.45) is 1.68. The summed E-state index contributed by atoms with van der Waals surface area (Å²) in [5, 5.41) is 9.24. The van der Waals surface area contributed by atoms with Gasteiger partial charge in [0.25, 0.3) is 0 Å². The molecule has 1 heterocycles. The van der Waals surface area contributed by atoms with E-state index in [0.29, 0.717) is 10.0 Å². The second-order valence-electron chi connectivity index (χ2n) is 3.99. The highest BCUT2D eigenvalue weighted by molar-refractivity contribution is 6.36. The van der Waals surface area contributed by atoms with Gasteiger partial charge in [0.1, 0.15) is 0 Å². The van der Waals surface area contributed by atoms with E-state index in [9.17, 15) is 0 Å². The van der Waals surface area contributed by atoms with Gasteiger partial charge in [0.15, 0.2) is 0 Å². The molecule has 3 rings (SSSR count). The zero-order chi connectivity index (χ0) is 13.2. The molecule has 0 aliphatic rings. The molecule has 2 aromatic carbocycles. The molecule has 0 spiro atoms. The monoisotopic (exact) mass is 289 g/mol. The van der Waals surface area contributed by atoms with E-state index >= 15 is 0 Å². The molecule has 3 aromatic rings. The van der Waals surface area contributed by atoms with Gasteiger partial charge >= 0.3 is 0 Å². The molecule has 94 valence electrons. The Kier molecular flexibility index (Phi) is 3.23. The quantitative estimate of drug-likeness (QED) is 0.706. The van der Waals surface area contributed by atoms with Crippen molar-refractivity contribution in [2.45, 2.75) is 0 Å². The fraction of sp³-hybridized carbons (Fsp3) is 0. The Balaban J connectivity index is 2.15. The zero-order valence-electron chi connectivity index (χ0n) is 9.79. The number of nitrogens with zero attached hydrogens (tertiary/aromatic N) is 3. The lowest BCUT2D eigenvalue weighted by atomic mass is 10.1. The van der Waals surface area contributed by atoms with Crippen molar-refractivity contribution in [3.63, 3.8) is 0 Å². The van der Waals surface area contributed by atoms with E-state index in [0.717, 1.165) is 16.9 Å². The first-order valence-corrected chi connectivity index (χ1v) is 6.43. The first-order valence-electron chi connectivity index (χ1n) is 5.67. The van der Waals surface area contributed by atoms with E-state index in [1.54, 1.807) is 23.0 Å². The molecular weight excluding hydrogens is 281 g/mol. The van der Waals surface area contributed by atoms with Crippen LogP contribution in [-0.2, 0) is 0 Å². The first-order chi connectivity index (χ1) is 9.25. The largest absolute Gasteiger partial charge is 0.213 e. The molecule has 1 aromatic heterocycles. The molecule has 0 aliphatic carbocycles. The predicted octanol–water partition coefficient (Wildman–Crippen LogP) is 4.24. The Bertz CT molecular complexity index is 708. The third-order valence-corrected chi connectivity index (χ3v) is 3.30. The molecule has 0 unspecified atom stereocenters. The highest BCUT2D eigenvalue weighted by atomic mass is 35.5. The Labute approximate surface area is 120 Å². The standard InChI is InChI=1S/C14H9Cl2N3/c15-10-6-7-12(13(16)8-10)14-9-17-18-19(14)11-4-2-1-3-5-11/h1-9H. The molecule has 0 bridgehead atoms. The van der Waals surface area contributed by atoms with Crippen LogP contribution in [0.5, 0.6) is 0 Å². The molecule has 0 N–H and O–H groups in total. The van der Waals surface area contributed by atoms with E-state index in [2.05, 4.69) is 10.3 Å². The summed E-state index contributed by atoms with van der Waals surface area (Å²) in [5.41, 5.74) is 2.61. The number of hydrogen-bond donors (Lipinski definition) is 0. The first kappa shape index (κ1) is 12.2. The molecule has 19 heavy (non-hydrogen) atoms. The number of halogens is 2. The van der Waals surface area contributed by atoms with Gasteiger partial charge in [0.2, 0.25) is 0 Å². The van der Waals surface area contributed by atoms with Gasteiger partial charge in [-0.2, -0.15) is 0 Å². The summed E-state index contributed by atoms with van der Waals surface area (Å²) in [4.78, 5) is 0. The average molecular weight is 290 g/mol. The Morgan fingerprint density at radius 1 is 0.947 bits per heavy atom. The molecule has 0 amide bonds. The molecular formula is C14H9Cl2N3. The van der Waals surface area contributed by atoms with E-state index in [4.69, 9.17) is 23.2 Å². The van der Waals surface area contributed by atoms with Crippen LogP contribution in [0.3, 0.4) is 0 Å². The van der Waals surface area contributed by atoms with E-state index < -0.39 is 0 Å². The topological polar surface area (TPSA) is 30.7 Å². The summed E-state index contributed by atoms with van der Waals surface area (Å²) >= 11 is 12.1. The lowest BCUT2D eigenvalue weighted by Crippen LogP contribution is -1.99. The molecule has 0 radical (unpaired) electrons. The lowest BCUT2D eigenvalue weighted by molar-refractivity contribution is 0.808.